The van der Waals surface area contributed by atoms with Crippen molar-refractivity contribution >= 4 is 15.9 Å². The van der Waals surface area contributed by atoms with Crippen molar-refractivity contribution in [3.05, 3.63) is 59.9 Å². The Bertz CT molecular complexity index is 910. The predicted molar refractivity (Wildman–Crippen MR) is 113 cm³/mol. The molecule has 1 amide bonds. The highest BCUT2D eigenvalue weighted by molar-refractivity contribution is 7.89. The van der Waals surface area contributed by atoms with Crippen LogP contribution in [0.2, 0.25) is 0 Å². The highest BCUT2D eigenvalue weighted by atomic mass is 32.2. The van der Waals surface area contributed by atoms with Gasteiger partial charge in [0.25, 0.3) is 5.91 Å². The minimum Gasteiger partial charge on any atom is -0.338 e. The Morgan fingerprint density at radius 3 is 2.55 bits per heavy atom. The normalized spacial score (nSPS) is 15.2. The number of nitrogens with zero attached hydrogens (tertiary/aromatic N) is 3. The molecule has 0 spiro atoms. The fourth-order valence-corrected chi connectivity index (χ4v) is 5.17. The molecule has 29 heavy (non-hydrogen) atoms. The summed E-state index contributed by atoms with van der Waals surface area (Å²) < 4.78 is 27.5. The topological polar surface area (TPSA) is 70.6 Å². The fourth-order valence-electron chi connectivity index (χ4n) is 3.61. The number of aromatic nitrogens is 1. The van der Waals surface area contributed by atoms with E-state index in [1.807, 2.05) is 25.1 Å². The molecule has 156 valence electrons. The van der Waals surface area contributed by atoms with E-state index in [1.54, 1.807) is 29.3 Å². The summed E-state index contributed by atoms with van der Waals surface area (Å²) >= 11 is 0. The van der Waals surface area contributed by atoms with Gasteiger partial charge in [0.2, 0.25) is 10.0 Å². The van der Waals surface area contributed by atoms with E-state index in [1.165, 1.54) is 10.4 Å². The predicted octanol–water partition coefficient (Wildman–Crippen LogP) is 3.35. The van der Waals surface area contributed by atoms with Gasteiger partial charge in [0.1, 0.15) is 0 Å². The first-order valence-electron chi connectivity index (χ1n) is 10.3. The van der Waals surface area contributed by atoms with E-state index in [9.17, 15) is 13.2 Å². The van der Waals surface area contributed by atoms with Crippen molar-refractivity contribution in [2.75, 3.05) is 26.2 Å². The maximum absolute atomic E-state index is 13.1. The second kappa shape index (κ2) is 9.98. The summed E-state index contributed by atoms with van der Waals surface area (Å²) in [6.07, 6.45) is 6.08. The molecule has 2 aromatic rings. The maximum atomic E-state index is 13.1. The average molecular weight is 416 g/mol. The number of sulfonamides is 1. The standard InChI is InChI=1S/C22H29N3O3S/c1-2-14-24(17-12-20-10-4-5-13-23-20)22(26)19-9-8-11-21(18-19)29(27,28)25-15-6-3-7-16-25/h4-5,8-11,13,18H,2-3,6-7,12,14-17H2,1H3. The first-order chi connectivity index (χ1) is 14.0. The average Bonchev–Trinajstić information content (AvgIpc) is 2.77. The number of piperidine rings is 1. The van der Waals surface area contributed by atoms with Crippen molar-refractivity contribution < 1.29 is 13.2 Å². The van der Waals surface area contributed by atoms with Crippen LogP contribution in [-0.2, 0) is 16.4 Å². The molecule has 7 heteroatoms. The summed E-state index contributed by atoms with van der Waals surface area (Å²) in [4.78, 5) is 19.4. The summed E-state index contributed by atoms with van der Waals surface area (Å²) in [6.45, 7) is 4.29. The van der Waals surface area contributed by atoms with E-state index < -0.39 is 10.0 Å². The van der Waals surface area contributed by atoms with Crippen LogP contribution in [0.4, 0.5) is 0 Å². The van der Waals surface area contributed by atoms with Crippen LogP contribution in [-0.4, -0.2) is 54.7 Å². The van der Waals surface area contributed by atoms with Gasteiger partial charge in [-0.1, -0.05) is 25.5 Å². The summed E-state index contributed by atoms with van der Waals surface area (Å²) in [5.74, 6) is -0.140. The number of hydrogen-bond acceptors (Lipinski definition) is 4. The van der Waals surface area contributed by atoms with E-state index in [0.29, 0.717) is 38.2 Å². The van der Waals surface area contributed by atoms with Gasteiger partial charge in [-0.05, 0) is 49.6 Å². The van der Waals surface area contributed by atoms with E-state index in [4.69, 9.17) is 0 Å². The molecule has 1 saturated heterocycles. The summed E-state index contributed by atoms with van der Waals surface area (Å²) in [5.41, 5.74) is 1.35. The Balaban J connectivity index is 1.77. The number of carbonyl (C=O) groups excluding carboxylic acids is 1. The first kappa shape index (κ1) is 21.5. The van der Waals surface area contributed by atoms with Crippen molar-refractivity contribution in [1.82, 2.24) is 14.2 Å². The zero-order valence-electron chi connectivity index (χ0n) is 17.0. The number of carbonyl (C=O) groups is 1. The van der Waals surface area contributed by atoms with Crippen molar-refractivity contribution in [2.24, 2.45) is 0 Å². The molecule has 0 unspecified atom stereocenters. The zero-order valence-corrected chi connectivity index (χ0v) is 17.8. The highest BCUT2D eigenvalue weighted by Crippen LogP contribution is 2.22. The molecule has 0 aliphatic carbocycles. The number of amides is 1. The molecule has 0 bridgehead atoms. The van der Waals surface area contributed by atoms with Crippen molar-refractivity contribution in [2.45, 2.75) is 43.9 Å². The lowest BCUT2D eigenvalue weighted by atomic mass is 10.1. The molecular formula is C22H29N3O3S. The van der Waals surface area contributed by atoms with Gasteiger partial charge >= 0.3 is 0 Å². The Kier molecular flexibility index (Phi) is 7.39. The number of benzene rings is 1. The van der Waals surface area contributed by atoms with Crippen LogP contribution in [0, 0.1) is 0 Å². The molecule has 1 aromatic carbocycles. The van der Waals surface area contributed by atoms with E-state index in [0.717, 1.165) is 31.4 Å². The Morgan fingerprint density at radius 2 is 1.86 bits per heavy atom. The molecule has 1 aliphatic rings. The molecule has 1 fully saturated rings. The molecule has 0 atom stereocenters. The van der Waals surface area contributed by atoms with Gasteiger partial charge in [-0.3, -0.25) is 9.78 Å². The van der Waals surface area contributed by atoms with Crippen molar-refractivity contribution in [3.8, 4) is 0 Å². The number of pyridine rings is 1. The quantitative estimate of drug-likeness (QED) is 0.663. The molecule has 0 radical (unpaired) electrons. The fraction of sp³-hybridized carbons (Fsp3) is 0.455. The summed E-state index contributed by atoms with van der Waals surface area (Å²) in [5, 5.41) is 0. The van der Waals surface area contributed by atoms with Crippen LogP contribution in [0.25, 0.3) is 0 Å². The molecule has 6 nitrogen and oxygen atoms in total. The van der Waals surface area contributed by atoms with Crippen molar-refractivity contribution in [3.63, 3.8) is 0 Å². The van der Waals surface area contributed by atoms with Crippen LogP contribution >= 0.6 is 0 Å². The molecular weight excluding hydrogens is 386 g/mol. The minimum atomic E-state index is -3.56. The number of hydrogen-bond donors (Lipinski definition) is 0. The molecule has 2 heterocycles. The lowest BCUT2D eigenvalue weighted by Crippen LogP contribution is -2.36. The third-order valence-corrected chi connectivity index (χ3v) is 7.07. The van der Waals surface area contributed by atoms with Gasteiger partial charge < -0.3 is 4.90 Å². The van der Waals surface area contributed by atoms with E-state index >= 15 is 0 Å². The van der Waals surface area contributed by atoms with E-state index in [2.05, 4.69) is 4.98 Å². The highest BCUT2D eigenvalue weighted by Gasteiger charge is 2.27. The zero-order chi connectivity index (χ0) is 20.7. The molecule has 1 aliphatic heterocycles. The van der Waals surface area contributed by atoms with Crippen molar-refractivity contribution in [1.29, 1.82) is 0 Å². The van der Waals surface area contributed by atoms with Gasteiger partial charge in [-0.15, -0.1) is 0 Å². The lowest BCUT2D eigenvalue weighted by Gasteiger charge is -2.26. The van der Waals surface area contributed by atoms with Gasteiger partial charge in [0.15, 0.2) is 0 Å². The largest absolute Gasteiger partial charge is 0.338 e. The molecule has 0 N–H and O–H groups in total. The Hall–Kier alpha value is -2.25. The lowest BCUT2D eigenvalue weighted by molar-refractivity contribution is 0.0757. The second-order valence-corrected chi connectivity index (χ2v) is 9.29. The van der Waals surface area contributed by atoms with Crippen LogP contribution in [0.15, 0.2) is 53.6 Å². The minimum absolute atomic E-state index is 0.140. The second-order valence-electron chi connectivity index (χ2n) is 7.36. The Labute approximate surface area is 173 Å². The third kappa shape index (κ3) is 5.42. The third-order valence-electron chi connectivity index (χ3n) is 5.18. The van der Waals surface area contributed by atoms with Crippen LogP contribution < -0.4 is 0 Å². The SMILES string of the molecule is CCCN(CCc1ccccn1)C(=O)c1cccc(S(=O)(=O)N2CCCCC2)c1. The summed E-state index contributed by atoms with van der Waals surface area (Å²) in [7, 11) is -3.56. The van der Waals surface area contributed by atoms with E-state index in [-0.39, 0.29) is 10.8 Å². The monoisotopic (exact) mass is 415 g/mol. The van der Waals surface area contributed by atoms with Gasteiger partial charge in [0.05, 0.1) is 4.90 Å². The Morgan fingerprint density at radius 1 is 1.07 bits per heavy atom. The molecule has 3 rings (SSSR count). The molecule has 0 saturated carbocycles. The van der Waals surface area contributed by atoms with Crippen LogP contribution in [0.3, 0.4) is 0 Å². The van der Waals surface area contributed by atoms with Crippen LogP contribution in [0.5, 0.6) is 0 Å². The molecule has 1 aromatic heterocycles. The van der Waals surface area contributed by atoms with Gasteiger partial charge in [0, 0.05) is 50.1 Å². The first-order valence-corrected chi connectivity index (χ1v) is 11.8. The van der Waals surface area contributed by atoms with Crippen LogP contribution in [0.1, 0.15) is 48.7 Å². The smallest absolute Gasteiger partial charge is 0.253 e. The maximum Gasteiger partial charge on any atom is 0.253 e. The van der Waals surface area contributed by atoms with Gasteiger partial charge in [-0.25, -0.2) is 8.42 Å². The number of rotatable bonds is 8. The van der Waals surface area contributed by atoms with Gasteiger partial charge in [-0.2, -0.15) is 4.31 Å². The summed E-state index contributed by atoms with van der Waals surface area (Å²) in [6, 6.07) is 12.2.